The van der Waals surface area contributed by atoms with E-state index in [0.717, 1.165) is 53.1 Å². The molecule has 1 aliphatic carbocycles. The second kappa shape index (κ2) is 6.44. The number of benzene rings is 2. The average molecular weight is 392 g/mol. The predicted molar refractivity (Wildman–Crippen MR) is 111 cm³/mol. The normalized spacial score (nSPS) is 15.9. The Balaban J connectivity index is 1.56. The molecule has 148 valence electrons. The third-order valence-electron chi connectivity index (χ3n) is 5.86. The maximum absolute atomic E-state index is 13.9. The van der Waals surface area contributed by atoms with E-state index in [4.69, 9.17) is 0 Å². The molecule has 2 aromatic carbocycles. The second-order valence-corrected chi connectivity index (χ2v) is 7.90. The van der Waals surface area contributed by atoms with Crippen LogP contribution in [0, 0.1) is 11.6 Å². The first kappa shape index (κ1) is 17.9. The van der Waals surface area contributed by atoms with Crippen LogP contribution in [0.5, 0.6) is 0 Å². The highest BCUT2D eigenvalue weighted by molar-refractivity contribution is 5.82. The van der Waals surface area contributed by atoms with Crippen LogP contribution < -0.4 is 9.80 Å². The van der Waals surface area contributed by atoms with Gasteiger partial charge in [-0.3, -0.25) is 0 Å². The molecule has 4 nitrogen and oxygen atoms in total. The van der Waals surface area contributed by atoms with Gasteiger partial charge in [0.15, 0.2) is 0 Å². The van der Waals surface area contributed by atoms with Crippen LogP contribution in [0.15, 0.2) is 55.1 Å². The van der Waals surface area contributed by atoms with Crippen molar-refractivity contribution in [3.63, 3.8) is 0 Å². The Morgan fingerprint density at radius 1 is 1.00 bits per heavy atom. The van der Waals surface area contributed by atoms with Crippen molar-refractivity contribution in [2.45, 2.75) is 25.3 Å². The molecule has 0 N–H and O–H groups in total. The third kappa shape index (κ3) is 2.99. The highest BCUT2D eigenvalue weighted by Gasteiger charge is 2.31. The molecule has 0 amide bonds. The molecule has 6 heteroatoms. The number of fused-ring (bicyclic) bond motifs is 1. The van der Waals surface area contributed by atoms with Crippen LogP contribution in [0.25, 0.3) is 11.3 Å². The molecule has 2 aliphatic rings. The summed E-state index contributed by atoms with van der Waals surface area (Å²) < 4.78 is 29.8. The summed E-state index contributed by atoms with van der Waals surface area (Å²) in [5.74, 6) is 0.151. The van der Waals surface area contributed by atoms with Crippen LogP contribution in [0.1, 0.15) is 30.0 Å². The number of anilines is 2. The van der Waals surface area contributed by atoms with Gasteiger partial charge in [0.25, 0.3) is 0 Å². The minimum absolute atomic E-state index is 0.376. The Morgan fingerprint density at radius 2 is 1.69 bits per heavy atom. The molecule has 0 unspecified atom stereocenters. The minimum Gasteiger partial charge on any atom is -0.330 e. The summed E-state index contributed by atoms with van der Waals surface area (Å²) >= 11 is 0. The van der Waals surface area contributed by atoms with Gasteiger partial charge >= 0.3 is 0 Å². The van der Waals surface area contributed by atoms with Crippen molar-refractivity contribution in [2.75, 3.05) is 23.9 Å². The molecule has 29 heavy (non-hydrogen) atoms. The molecule has 1 aliphatic heterocycles. The number of rotatable bonds is 4. The largest absolute Gasteiger partial charge is 0.330 e. The van der Waals surface area contributed by atoms with Gasteiger partial charge in [-0.25, -0.2) is 13.8 Å². The monoisotopic (exact) mass is 392 g/mol. The summed E-state index contributed by atoms with van der Waals surface area (Å²) in [4.78, 5) is 8.73. The van der Waals surface area contributed by atoms with Gasteiger partial charge in [0.2, 0.25) is 0 Å². The topological polar surface area (TPSA) is 24.3 Å². The van der Waals surface area contributed by atoms with Gasteiger partial charge in [-0.2, -0.15) is 0 Å². The number of hydrogen-bond donors (Lipinski definition) is 0. The Kier molecular flexibility index (Phi) is 3.98. The van der Waals surface area contributed by atoms with E-state index in [1.807, 2.05) is 18.7 Å². The number of halogens is 2. The fourth-order valence-electron chi connectivity index (χ4n) is 4.10. The molecule has 1 fully saturated rings. The number of nitrogens with zero attached hydrogens (tertiary/aromatic N) is 4. The zero-order chi connectivity index (χ0) is 20.3. The van der Waals surface area contributed by atoms with E-state index in [1.165, 1.54) is 12.1 Å². The van der Waals surface area contributed by atoms with E-state index in [9.17, 15) is 8.78 Å². The van der Waals surface area contributed by atoms with E-state index < -0.39 is 11.6 Å². The van der Waals surface area contributed by atoms with Gasteiger partial charge in [0.1, 0.15) is 17.5 Å². The summed E-state index contributed by atoms with van der Waals surface area (Å²) in [6.45, 7) is 4.68. The predicted octanol–water partition coefficient (Wildman–Crippen LogP) is 5.11. The molecular weight excluding hydrogens is 370 g/mol. The van der Waals surface area contributed by atoms with E-state index >= 15 is 0 Å². The van der Waals surface area contributed by atoms with Crippen molar-refractivity contribution in [1.82, 2.24) is 9.55 Å². The van der Waals surface area contributed by atoms with E-state index in [1.54, 1.807) is 6.33 Å². The van der Waals surface area contributed by atoms with Gasteiger partial charge < -0.3 is 14.4 Å². The average Bonchev–Trinajstić information content (AvgIpc) is 3.41. The van der Waals surface area contributed by atoms with Gasteiger partial charge in [-0.1, -0.05) is 12.6 Å². The highest BCUT2D eigenvalue weighted by atomic mass is 19.1. The quantitative estimate of drug-likeness (QED) is 0.617. The van der Waals surface area contributed by atoms with Crippen LogP contribution in [-0.2, 0) is 6.54 Å². The first-order valence-corrected chi connectivity index (χ1v) is 9.73. The summed E-state index contributed by atoms with van der Waals surface area (Å²) in [6.07, 6.45) is 3.92. The lowest BCUT2D eigenvalue weighted by Crippen LogP contribution is -2.20. The molecule has 0 radical (unpaired) electrons. The summed E-state index contributed by atoms with van der Waals surface area (Å²) in [5.41, 5.74) is 5.57. The molecule has 1 aromatic heterocycles. The molecule has 5 rings (SSSR count). The van der Waals surface area contributed by atoms with Crippen molar-refractivity contribution >= 4 is 11.4 Å². The fraction of sp³-hybridized carbons (Fsp3) is 0.261. The van der Waals surface area contributed by atoms with Gasteiger partial charge in [0, 0.05) is 38.2 Å². The van der Waals surface area contributed by atoms with Gasteiger partial charge in [-0.05, 0) is 42.7 Å². The van der Waals surface area contributed by atoms with Crippen LogP contribution in [0.4, 0.5) is 20.2 Å². The van der Waals surface area contributed by atoms with E-state index in [-0.39, 0.29) is 0 Å². The van der Waals surface area contributed by atoms with Crippen molar-refractivity contribution in [1.29, 1.82) is 0 Å². The molecule has 2 heterocycles. The minimum atomic E-state index is -0.574. The standard InChI is InChI=1S/C23H22F2N4/c1-14-27(2)20-7-4-15(8-21(20)28(14)3)12-29-13-26-22(16-5-6-16)23(29)17-9-18(24)11-19(25)10-17/h4,7-11,13,16H,1,5-6,12H2,2-3H3. The number of aromatic nitrogens is 2. The first-order chi connectivity index (χ1) is 13.9. The lowest BCUT2D eigenvalue weighted by molar-refractivity contribution is 0.583. The lowest BCUT2D eigenvalue weighted by Gasteiger charge is -2.16. The van der Waals surface area contributed by atoms with E-state index in [2.05, 4.69) is 39.6 Å². The Hall–Kier alpha value is -3.15. The van der Waals surface area contributed by atoms with Gasteiger partial charge in [-0.15, -0.1) is 0 Å². The van der Waals surface area contributed by atoms with Crippen LogP contribution in [0.3, 0.4) is 0 Å². The van der Waals surface area contributed by atoms with E-state index in [0.29, 0.717) is 18.0 Å². The zero-order valence-electron chi connectivity index (χ0n) is 16.5. The van der Waals surface area contributed by atoms with Crippen LogP contribution >= 0.6 is 0 Å². The fourth-order valence-corrected chi connectivity index (χ4v) is 4.10. The zero-order valence-corrected chi connectivity index (χ0v) is 16.5. The summed E-state index contributed by atoms with van der Waals surface area (Å²) in [7, 11) is 4.00. The summed E-state index contributed by atoms with van der Waals surface area (Å²) in [5, 5.41) is 0. The summed E-state index contributed by atoms with van der Waals surface area (Å²) in [6, 6.07) is 9.97. The van der Waals surface area contributed by atoms with Crippen molar-refractivity contribution < 1.29 is 8.78 Å². The van der Waals surface area contributed by atoms with Crippen molar-refractivity contribution in [3.05, 3.63) is 78.0 Å². The Labute approximate surface area is 168 Å². The molecule has 3 aromatic rings. The lowest BCUT2D eigenvalue weighted by atomic mass is 10.1. The first-order valence-electron chi connectivity index (χ1n) is 9.73. The Bertz CT molecular complexity index is 1110. The maximum Gasteiger partial charge on any atom is 0.126 e. The number of imidazole rings is 1. The van der Waals surface area contributed by atoms with Crippen molar-refractivity contribution in [3.8, 4) is 11.3 Å². The Morgan fingerprint density at radius 3 is 2.38 bits per heavy atom. The molecular formula is C23H22F2N4. The third-order valence-corrected chi connectivity index (χ3v) is 5.86. The highest BCUT2D eigenvalue weighted by Crippen LogP contribution is 2.44. The molecule has 0 spiro atoms. The SMILES string of the molecule is C=C1N(C)c2ccc(Cn3cnc(C4CC4)c3-c3cc(F)cc(F)c3)cc2N1C. The van der Waals surface area contributed by atoms with Crippen molar-refractivity contribution in [2.24, 2.45) is 0 Å². The molecule has 0 atom stereocenters. The van der Waals surface area contributed by atoms with Gasteiger partial charge in [0.05, 0.1) is 29.1 Å². The molecule has 0 bridgehead atoms. The molecule has 1 saturated carbocycles. The molecule has 0 saturated heterocycles. The van der Waals surface area contributed by atoms with Crippen LogP contribution in [0.2, 0.25) is 0 Å². The second-order valence-electron chi connectivity index (χ2n) is 7.90. The smallest absolute Gasteiger partial charge is 0.126 e. The number of hydrogen-bond acceptors (Lipinski definition) is 3. The van der Waals surface area contributed by atoms with Crippen LogP contribution in [-0.4, -0.2) is 23.6 Å². The maximum atomic E-state index is 13.9.